The van der Waals surface area contributed by atoms with Crippen molar-refractivity contribution >= 4 is 5.97 Å². The van der Waals surface area contributed by atoms with Crippen LogP contribution in [0.2, 0.25) is 0 Å². The smallest absolute Gasteiger partial charge is 0.460 e. The Morgan fingerprint density at radius 1 is 0.893 bits per heavy atom. The molecule has 0 N–H and O–H groups in total. The average Bonchev–Trinajstić information content (AvgIpc) is 2.59. The number of halogens is 9. The summed E-state index contributed by atoms with van der Waals surface area (Å²) in [4.78, 5) is 11.8. The number of carbonyl (C=O) groups is 1. The topological polar surface area (TPSA) is 35.5 Å². The van der Waals surface area contributed by atoms with E-state index in [0.29, 0.717) is 0 Å². The second kappa shape index (κ2) is 7.45. The van der Waals surface area contributed by atoms with E-state index in [2.05, 4.69) is 4.74 Å². The molecule has 1 unspecified atom stereocenters. The van der Waals surface area contributed by atoms with E-state index in [-0.39, 0.29) is 0 Å². The van der Waals surface area contributed by atoms with Crippen molar-refractivity contribution in [2.45, 2.75) is 42.9 Å². The van der Waals surface area contributed by atoms with E-state index in [4.69, 9.17) is 4.74 Å². The minimum absolute atomic E-state index is 0.420. The van der Waals surface area contributed by atoms with E-state index < -0.39 is 53.1 Å². The van der Waals surface area contributed by atoms with Crippen molar-refractivity contribution < 1.29 is 53.8 Å². The van der Waals surface area contributed by atoms with Gasteiger partial charge in [0.1, 0.15) is 0 Å². The fourth-order valence-electron chi connectivity index (χ4n) is 2.45. The van der Waals surface area contributed by atoms with Crippen LogP contribution in [-0.4, -0.2) is 44.1 Å². The highest BCUT2D eigenvalue weighted by Crippen LogP contribution is 2.56. The molecule has 1 aromatic carbocycles. The van der Waals surface area contributed by atoms with Crippen molar-refractivity contribution in [2.75, 3.05) is 14.2 Å². The van der Waals surface area contributed by atoms with Gasteiger partial charge in [0.25, 0.3) is 0 Å². The maximum atomic E-state index is 14.1. The second-order valence-electron chi connectivity index (χ2n) is 6.00. The predicted octanol–water partition coefficient (Wildman–Crippen LogP) is 5.19. The van der Waals surface area contributed by atoms with Crippen LogP contribution in [-0.2, 0) is 15.1 Å². The summed E-state index contributed by atoms with van der Waals surface area (Å²) in [7, 11) is 1.67. The van der Waals surface area contributed by atoms with Crippen LogP contribution in [0.4, 0.5) is 39.5 Å². The van der Waals surface area contributed by atoms with Gasteiger partial charge in [-0.1, -0.05) is 18.2 Å². The molecule has 0 radical (unpaired) electrons. The molecule has 3 nitrogen and oxygen atoms in total. The molecule has 0 aliphatic rings. The van der Waals surface area contributed by atoms with Gasteiger partial charge in [0.15, 0.2) is 0 Å². The summed E-state index contributed by atoms with van der Waals surface area (Å²) in [6, 6.07) is 4.50. The average molecular weight is 426 g/mol. The number of alkyl halides is 9. The molecular formula is C16H15F9O3. The lowest BCUT2D eigenvalue weighted by Gasteiger charge is -2.39. The summed E-state index contributed by atoms with van der Waals surface area (Å²) >= 11 is 0. The minimum atomic E-state index is -7.01. The fraction of sp³-hybridized carbons (Fsp3) is 0.562. The molecule has 0 fully saturated rings. The summed E-state index contributed by atoms with van der Waals surface area (Å²) in [6.45, 7) is 0.741. The van der Waals surface area contributed by atoms with Crippen molar-refractivity contribution in [1.82, 2.24) is 0 Å². The molecular weight excluding hydrogens is 411 g/mol. The highest BCUT2D eigenvalue weighted by molar-refractivity contribution is 5.91. The lowest BCUT2D eigenvalue weighted by Crippen LogP contribution is -2.62. The van der Waals surface area contributed by atoms with Crippen molar-refractivity contribution in [1.29, 1.82) is 0 Å². The van der Waals surface area contributed by atoms with Crippen molar-refractivity contribution in [3.05, 3.63) is 35.4 Å². The first kappa shape index (κ1) is 24.1. The molecule has 0 saturated carbocycles. The zero-order valence-corrected chi connectivity index (χ0v) is 14.6. The largest absolute Gasteiger partial charge is 0.465 e. The minimum Gasteiger partial charge on any atom is -0.465 e. The summed E-state index contributed by atoms with van der Waals surface area (Å²) in [5.41, 5.74) is -3.43. The molecule has 0 aliphatic carbocycles. The zero-order chi connectivity index (χ0) is 22.2. The monoisotopic (exact) mass is 426 g/mol. The lowest BCUT2D eigenvalue weighted by atomic mass is 9.83. The van der Waals surface area contributed by atoms with Gasteiger partial charge >= 0.3 is 29.9 Å². The maximum absolute atomic E-state index is 14.1. The van der Waals surface area contributed by atoms with Crippen LogP contribution in [0.15, 0.2) is 24.3 Å². The predicted molar refractivity (Wildman–Crippen MR) is 77.7 cm³/mol. The van der Waals surface area contributed by atoms with Gasteiger partial charge in [-0.2, -0.15) is 39.5 Å². The third-order valence-corrected chi connectivity index (χ3v) is 4.12. The van der Waals surface area contributed by atoms with Crippen LogP contribution < -0.4 is 0 Å². The van der Waals surface area contributed by atoms with E-state index in [1.807, 2.05) is 0 Å². The number of ether oxygens (including phenoxy) is 2. The molecule has 1 atom stereocenters. The lowest BCUT2D eigenvalue weighted by molar-refractivity contribution is -0.400. The molecule has 1 rings (SSSR count). The van der Waals surface area contributed by atoms with Crippen molar-refractivity contribution in [3.63, 3.8) is 0 Å². The first-order valence-electron chi connectivity index (χ1n) is 7.41. The molecule has 0 bridgehead atoms. The number of rotatable bonds is 7. The Morgan fingerprint density at radius 2 is 1.39 bits per heavy atom. The highest BCUT2D eigenvalue weighted by atomic mass is 19.4. The summed E-state index contributed by atoms with van der Waals surface area (Å²) < 4.78 is 127. The van der Waals surface area contributed by atoms with Gasteiger partial charge in [0, 0.05) is 7.11 Å². The highest BCUT2D eigenvalue weighted by Gasteiger charge is 2.82. The van der Waals surface area contributed by atoms with Crippen LogP contribution in [0.1, 0.15) is 29.3 Å². The number of carbonyl (C=O) groups excluding carboxylic acids is 1. The summed E-state index contributed by atoms with van der Waals surface area (Å²) in [5.74, 6) is -20.8. The number of methoxy groups -OCH3 is 2. The van der Waals surface area contributed by atoms with Crippen LogP contribution in [0.25, 0.3) is 0 Å². The maximum Gasteiger partial charge on any atom is 0.460 e. The van der Waals surface area contributed by atoms with Crippen molar-refractivity contribution in [3.8, 4) is 0 Å². The van der Waals surface area contributed by atoms with Gasteiger partial charge < -0.3 is 9.47 Å². The molecule has 0 amide bonds. The first-order chi connectivity index (χ1) is 12.5. The van der Waals surface area contributed by atoms with Crippen LogP contribution in [0.5, 0.6) is 0 Å². The zero-order valence-electron chi connectivity index (χ0n) is 14.6. The standard InChI is InChI=1S/C16H15F9O3/c1-12(28-3,10-7-5-4-6-9(10)11(26)27-2)8-13(17,18)14(19,20)15(21,22)16(23,24)25/h4-7H,8H2,1-3H3. The normalized spacial score (nSPS) is 15.9. The Bertz CT molecular complexity index is 716. The molecule has 160 valence electrons. The molecule has 1 aromatic rings. The summed E-state index contributed by atoms with van der Waals surface area (Å²) in [5, 5.41) is 0. The van der Waals surface area contributed by atoms with E-state index in [1.165, 1.54) is 12.1 Å². The number of benzene rings is 1. The van der Waals surface area contributed by atoms with E-state index in [9.17, 15) is 44.3 Å². The Hall–Kier alpha value is -1.98. The third-order valence-electron chi connectivity index (χ3n) is 4.12. The van der Waals surface area contributed by atoms with E-state index in [1.54, 1.807) is 0 Å². The molecule has 0 heterocycles. The van der Waals surface area contributed by atoms with Crippen LogP contribution in [0.3, 0.4) is 0 Å². The molecule has 0 saturated heterocycles. The van der Waals surface area contributed by atoms with Gasteiger partial charge in [0.2, 0.25) is 0 Å². The molecule has 28 heavy (non-hydrogen) atoms. The fourth-order valence-corrected chi connectivity index (χ4v) is 2.45. The van der Waals surface area contributed by atoms with E-state index >= 15 is 0 Å². The molecule has 12 heteroatoms. The van der Waals surface area contributed by atoms with Gasteiger partial charge in [-0.15, -0.1) is 0 Å². The molecule has 0 spiro atoms. The molecule has 0 aromatic heterocycles. The van der Waals surface area contributed by atoms with Gasteiger partial charge in [-0.3, -0.25) is 0 Å². The SMILES string of the molecule is COC(=O)c1ccccc1C(C)(CC(F)(F)C(F)(F)C(F)(F)C(F)(F)F)OC. The Kier molecular flexibility index (Phi) is 6.40. The Morgan fingerprint density at radius 3 is 1.82 bits per heavy atom. The van der Waals surface area contributed by atoms with Gasteiger partial charge in [-0.25, -0.2) is 4.79 Å². The third kappa shape index (κ3) is 3.91. The first-order valence-corrected chi connectivity index (χ1v) is 7.41. The number of hydrogen-bond acceptors (Lipinski definition) is 3. The second-order valence-corrected chi connectivity index (χ2v) is 6.00. The van der Waals surface area contributed by atoms with Crippen molar-refractivity contribution in [2.24, 2.45) is 0 Å². The Balaban J connectivity index is 3.48. The Labute approximate surface area is 153 Å². The van der Waals surface area contributed by atoms with Crippen LogP contribution >= 0.6 is 0 Å². The van der Waals surface area contributed by atoms with E-state index in [0.717, 1.165) is 33.3 Å². The number of esters is 1. The van der Waals surface area contributed by atoms with Gasteiger partial charge in [-0.05, 0) is 18.6 Å². The molecule has 0 aliphatic heterocycles. The summed E-state index contributed by atoms with van der Waals surface area (Å²) in [6.07, 6.45) is -9.21. The van der Waals surface area contributed by atoms with Gasteiger partial charge in [0.05, 0.1) is 24.7 Å². The number of hydrogen-bond donors (Lipinski definition) is 0. The van der Waals surface area contributed by atoms with Crippen LogP contribution in [0, 0.1) is 0 Å². The quantitative estimate of drug-likeness (QED) is 0.445.